The highest BCUT2D eigenvalue weighted by molar-refractivity contribution is 5.63. The Morgan fingerprint density at radius 1 is 0.955 bits per heavy atom. The van der Waals surface area contributed by atoms with Gasteiger partial charge in [-0.15, -0.1) is 0 Å². The Labute approximate surface area is 122 Å². The molecule has 22 heavy (non-hydrogen) atoms. The lowest BCUT2D eigenvalue weighted by Crippen LogP contribution is -2.10. The molecule has 0 saturated carbocycles. The maximum absolute atomic E-state index is 13.8. The molecule has 1 N–H and O–H groups in total. The topological polar surface area (TPSA) is 58.6 Å². The fourth-order valence-corrected chi connectivity index (χ4v) is 1.96. The van der Waals surface area contributed by atoms with Crippen LogP contribution in [-0.2, 0) is 0 Å². The number of pyridine rings is 1. The molecule has 2 aromatic heterocycles. The van der Waals surface area contributed by atoms with E-state index in [0.29, 0.717) is 5.56 Å². The van der Waals surface area contributed by atoms with Crippen LogP contribution in [0.15, 0.2) is 47.5 Å². The molecule has 0 fully saturated rings. The lowest BCUT2D eigenvalue weighted by atomic mass is 10.1. The first-order chi connectivity index (χ1) is 10.6. The Bertz CT molecular complexity index is 894. The first-order valence-electron chi connectivity index (χ1n) is 6.22. The molecule has 4 nitrogen and oxygen atoms in total. The van der Waals surface area contributed by atoms with Crippen molar-refractivity contribution in [3.05, 3.63) is 70.5 Å². The molecule has 0 aliphatic carbocycles. The third-order valence-electron chi connectivity index (χ3n) is 3.01. The van der Waals surface area contributed by atoms with Crippen molar-refractivity contribution in [1.29, 1.82) is 0 Å². The molecular formula is C15H8F3N3O. The zero-order chi connectivity index (χ0) is 15.7. The molecule has 0 unspecified atom stereocenters. The van der Waals surface area contributed by atoms with E-state index in [1.165, 1.54) is 18.5 Å². The summed E-state index contributed by atoms with van der Waals surface area (Å²) in [6, 6.07) is 6.24. The van der Waals surface area contributed by atoms with Crippen molar-refractivity contribution in [3.8, 4) is 22.6 Å². The van der Waals surface area contributed by atoms with Gasteiger partial charge in [0.1, 0.15) is 5.82 Å². The number of hydrogen-bond donors (Lipinski definition) is 1. The fraction of sp³-hybridized carbons (Fsp3) is 0. The predicted molar refractivity (Wildman–Crippen MR) is 73.4 cm³/mol. The normalized spacial score (nSPS) is 10.7. The molecule has 2 heterocycles. The standard InChI is InChI=1S/C15H8F3N3O/c16-10-2-1-9(13(17)14(10)18)15-20-11(7-12(22)21-15)8-3-5-19-6-4-8/h1-7H,(H,20,21,22). The molecule has 0 saturated heterocycles. The zero-order valence-electron chi connectivity index (χ0n) is 11.0. The van der Waals surface area contributed by atoms with Crippen molar-refractivity contribution in [1.82, 2.24) is 15.0 Å². The van der Waals surface area contributed by atoms with Crippen LogP contribution in [0.3, 0.4) is 0 Å². The molecule has 0 bridgehead atoms. The summed E-state index contributed by atoms with van der Waals surface area (Å²) >= 11 is 0. The van der Waals surface area contributed by atoms with Crippen molar-refractivity contribution in [2.75, 3.05) is 0 Å². The number of nitrogens with zero attached hydrogens (tertiary/aromatic N) is 2. The molecule has 0 atom stereocenters. The SMILES string of the molecule is O=c1cc(-c2ccncc2)nc(-c2ccc(F)c(F)c2F)[nH]1. The maximum Gasteiger partial charge on any atom is 0.251 e. The molecule has 0 aliphatic heterocycles. The number of aromatic amines is 1. The third-order valence-corrected chi connectivity index (χ3v) is 3.01. The second-order valence-corrected chi connectivity index (χ2v) is 4.44. The number of nitrogens with one attached hydrogen (secondary N) is 1. The minimum Gasteiger partial charge on any atom is -0.306 e. The van der Waals surface area contributed by atoms with Gasteiger partial charge < -0.3 is 4.98 Å². The first-order valence-corrected chi connectivity index (χ1v) is 6.22. The molecular weight excluding hydrogens is 295 g/mol. The summed E-state index contributed by atoms with van der Waals surface area (Å²) in [4.78, 5) is 22.0. The van der Waals surface area contributed by atoms with Gasteiger partial charge in [-0.3, -0.25) is 9.78 Å². The highest BCUT2D eigenvalue weighted by Gasteiger charge is 2.17. The molecule has 3 rings (SSSR count). The number of hydrogen-bond acceptors (Lipinski definition) is 3. The Morgan fingerprint density at radius 3 is 2.41 bits per heavy atom. The van der Waals surface area contributed by atoms with Gasteiger partial charge in [0.25, 0.3) is 5.56 Å². The van der Waals surface area contributed by atoms with Crippen LogP contribution in [0.1, 0.15) is 0 Å². The van der Waals surface area contributed by atoms with E-state index in [2.05, 4.69) is 15.0 Å². The van der Waals surface area contributed by atoms with Gasteiger partial charge in [0.05, 0.1) is 11.3 Å². The average Bonchev–Trinajstić information content (AvgIpc) is 2.53. The van der Waals surface area contributed by atoms with Crippen molar-refractivity contribution >= 4 is 0 Å². The van der Waals surface area contributed by atoms with E-state index < -0.39 is 23.0 Å². The Morgan fingerprint density at radius 2 is 1.68 bits per heavy atom. The van der Waals surface area contributed by atoms with E-state index in [0.717, 1.165) is 12.1 Å². The molecule has 7 heteroatoms. The summed E-state index contributed by atoms with van der Waals surface area (Å²) in [6.45, 7) is 0. The molecule has 0 radical (unpaired) electrons. The van der Waals surface area contributed by atoms with E-state index in [9.17, 15) is 18.0 Å². The monoisotopic (exact) mass is 303 g/mol. The van der Waals surface area contributed by atoms with E-state index in [1.54, 1.807) is 12.1 Å². The van der Waals surface area contributed by atoms with Gasteiger partial charge in [-0.25, -0.2) is 18.2 Å². The Balaban J connectivity index is 2.19. The third kappa shape index (κ3) is 2.48. The average molecular weight is 303 g/mol. The van der Waals surface area contributed by atoms with Gasteiger partial charge in [-0.2, -0.15) is 0 Å². The molecule has 0 spiro atoms. The number of benzene rings is 1. The van der Waals surface area contributed by atoms with Gasteiger partial charge in [0, 0.05) is 24.0 Å². The van der Waals surface area contributed by atoms with Crippen molar-refractivity contribution in [2.24, 2.45) is 0 Å². The van der Waals surface area contributed by atoms with Crippen LogP contribution in [0.2, 0.25) is 0 Å². The maximum atomic E-state index is 13.8. The highest BCUT2D eigenvalue weighted by Crippen LogP contribution is 2.24. The van der Waals surface area contributed by atoms with Crippen molar-refractivity contribution in [3.63, 3.8) is 0 Å². The molecule has 0 amide bonds. The number of aromatic nitrogens is 3. The van der Waals surface area contributed by atoms with Gasteiger partial charge in [-0.1, -0.05) is 0 Å². The summed E-state index contributed by atoms with van der Waals surface area (Å²) in [5, 5.41) is 0. The summed E-state index contributed by atoms with van der Waals surface area (Å²) in [7, 11) is 0. The highest BCUT2D eigenvalue weighted by atomic mass is 19.2. The number of rotatable bonds is 2. The minimum absolute atomic E-state index is 0.185. The van der Waals surface area contributed by atoms with Gasteiger partial charge in [-0.05, 0) is 24.3 Å². The van der Waals surface area contributed by atoms with E-state index in [-0.39, 0.29) is 17.1 Å². The van der Waals surface area contributed by atoms with E-state index in [4.69, 9.17) is 0 Å². The van der Waals surface area contributed by atoms with Crippen LogP contribution < -0.4 is 5.56 Å². The largest absolute Gasteiger partial charge is 0.306 e. The lowest BCUT2D eigenvalue weighted by Gasteiger charge is -2.06. The van der Waals surface area contributed by atoms with Crippen LogP contribution in [0, 0.1) is 17.5 Å². The second kappa shape index (κ2) is 5.44. The number of H-pyrrole nitrogens is 1. The van der Waals surface area contributed by atoms with Crippen molar-refractivity contribution in [2.45, 2.75) is 0 Å². The molecule has 110 valence electrons. The smallest absolute Gasteiger partial charge is 0.251 e. The quantitative estimate of drug-likeness (QED) is 0.741. The van der Waals surface area contributed by atoms with Crippen LogP contribution in [0.25, 0.3) is 22.6 Å². The predicted octanol–water partition coefficient (Wildman–Crippen LogP) is 2.92. The molecule has 3 aromatic rings. The summed E-state index contributed by atoms with van der Waals surface area (Å²) in [5.74, 6) is -4.52. The first kappa shape index (κ1) is 14.0. The van der Waals surface area contributed by atoms with Crippen LogP contribution in [0.4, 0.5) is 13.2 Å². The Hall–Kier alpha value is -2.96. The second-order valence-electron chi connectivity index (χ2n) is 4.44. The van der Waals surface area contributed by atoms with E-state index >= 15 is 0 Å². The summed E-state index contributed by atoms with van der Waals surface area (Å²) < 4.78 is 40.1. The summed E-state index contributed by atoms with van der Waals surface area (Å²) in [5.41, 5.74) is -0.0107. The van der Waals surface area contributed by atoms with E-state index in [1.807, 2.05) is 0 Å². The van der Waals surface area contributed by atoms with Gasteiger partial charge in [0.2, 0.25) is 0 Å². The van der Waals surface area contributed by atoms with Crippen LogP contribution in [-0.4, -0.2) is 15.0 Å². The molecule has 0 aliphatic rings. The van der Waals surface area contributed by atoms with Crippen LogP contribution in [0.5, 0.6) is 0 Å². The minimum atomic E-state index is -1.62. The van der Waals surface area contributed by atoms with Gasteiger partial charge in [0.15, 0.2) is 17.5 Å². The van der Waals surface area contributed by atoms with Crippen LogP contribution >= 0.6 is 0 Å². The number of halogens is 3. The molecule has 1 aromatic carbocycles. The lowest BCUT2D eigenvalue weighted by molar-refractivity contribution is 0.448. The van der Waals surface area contributed by atoms with Gasteiger partial charge >= 0.3 is 0 Å². The fourth-order valence-electron chi connectivity index (χ4n) is 1.96. The summed E-state index contributed by atoms with van der Waals surface area (Å²) in [6.07, 6.45) is 3.02. The zero-order valence-corrected chi connectivity index (χ0v) is 11.0. The van der Waals surface area contributed by atoms with Crippen molar-refractivity contribution < 1.29 is 13.2 Å². The Kier molecular flexibility index (Phi) is 3.46.